The summed E-state index contributed by atoms with van der Waals surface area (Å²) in [4.78, 5) is 72.2. The SMILES string of the molecule is CCC(C)C(NC(=O)C(N)Cc1ccccc1)C(=O)NC(CCC(N)=O)C(=O)NC(CC(=O)O)C(=O)O. The number of aliphatic carboxylic acids is 2. The number of primary amides is 1. The monoisotopic (exact) mass is 521 g/mol. The number of carbonyl (C=O) groups is 6. The highest BCUT2D eigenvalue weighted by molar-refractivity contribution is 5.95. The maximum atomic E-state index is 13.1. The lowest BCUT2D eigenvalue weighted by molar-refractivity contribution is -0.147. The second-order valence-electron chi connectivity index (χ2n) is 8.73. The second kappa shape index (κ2) is 15.2. The summed E-state index contributed by atoms with van der Waals surface area (Å²) in [6.07, 6.45) is -0.795. The minimum atomic E-state index is -1.76. The summed E-state index contributed by atoms with van der Waals surface area (Å²) < 4.78 is 0. The van der Waals surface area contributed by atoms with Crippen molar-refractivity contribution in [1.29, 1.82) is 0 Å². The third-order valence-corrected chi connectivity index (χ3v) is 5.73. The summed E-state index contributed by atoms with van der Waals surface area (Å²) in [6.45, 7) is 3.50. The Kier molecular flexibility index (Phi) is 12.7. The van der Waals surface area contributed by atoms with Crippen molar-refractivity contribution in [3.05, 3.63) is 35.9 Å². The van der Waals surface area contributed by atoms with Gasteiger partial charge in [-0.1, -0.05) is 50.6 Å². The van der Waals surface area contributed by atoms with Crippen molar-refractivity contribution in [2.24, 2.45) is 17.4 Å². The average Bonchev–Trinajstić information content (AvgIpc) is 2.83. The van der Waals surface area contributed by atoms with Crippen LogP contribution in [0, 0.1) is 5.92 Å². The fraction of sp³-hybridized carbons (Fsp3) is 0.500. The average molecular weight is 522 g/mol. The van der Waals surface area contributed by atoms with E-state index in [2.05, 4.69) is 16.0 Å². The van der Waals surface area contributed by atoms with Crippen LogP contribution < -0.4 is 27.4 Å². The Balaban J connectivity index is 3.02. The van der Waals surface area contributed by atoms with Crippen molar-refractivity contribution < 1.29 is 39.0 Å². The molecule has 0 aromatic heterocycles. The van der Waals surface area contributed by atoms with Crippen LogP contribution in [0.4, 0.5) is 0 Å². The number of carboxylic acids is 2. The number of carbonyl (C=O) groups excluding carboxylic acids is 4. The van der Waals surface area contributed by atoms with Crippen LogP contribution in [0.3, 0.4) is 0 Å². The lowest BCUT2D eigenvalue weighted by Gasteiger charge is -2.28. The van der Waals surface area contributed by atoms with Crippen molar-refractivity contribution >= 4 is 35.6 Å². The number of benzene rings is 1. The van der Waals surface area contributed by atoms with Crippen molar-refractivity contribution in [3.8, 4) is 0 Å². The standard InChI is InChI=1S/C24H35N5O8/c1-3-13(2)20(29-21(33)15(25)11-14-7-5-4-6-8-14)23(35)27-16(9-10-18(26)30)22(34)28-17(24(36)37)12-19(31)32/h4-8,13,15-17,20H,3,9-12,25H2,1-2H3,(H2,26,30)(H,27,35)(H,28,34)(H,29,33)(H,31,32)(H,36,37). The van der Waals surface area contributed by atoms with Gasteiger partial charge in [-0.3, -0.25) is 24.0 Å². The molecule has 1 aromatic carbocycles. The van der Waals surface area contributed by atoms with Gasteiger partial charge < -0.3 is 37.6 Å². The Hall–Kier alpha value is -4.00. The molecular formula is C24H35N5O8. The number of carboxylic acid groups (broad SMARTS) is 2. The van der Waals surface area contributed by atoms with Gasteiger partial charge >= 0.3 is 11.9 Å². The summed E-state index contributed by atoms with van der Waals surface area (Å²) in [5.74, 6) is -6.57. The zero-order valence-electron chi connectivity index (χ0n) is 20.8. The van der Waals surface area contributed by atoms with Crippen LogP contribution in [0.25, 0.3) is 0 Å². The highest BCUT2D eigenvalue weighted by Gasteiger charge is 2.33. The van der Waals surface area contributed by atoms with Gasteiger partial charge in [0, 0.05) is 6.42 Å². The van der Waals surface area contributed by atoms with Crippen LogP contribution in [0.2, 0.25) is 0 Å². The second-order valence-corrected chi connectivity index (χ2v) is 8.73. The third-order valence-electron chi connectivity index (χ3n) is 5.73. The normalized spacial score (nSPS) is 14.8. The maximum Gasteiger partial charge on any atom is 0.326 e. The molecule has 0 radical (unpaired) electrons. The van der Waals surface area contributed by atoms with E-state index < -0.39 is 66.2 Å². The molecule has 37 heavy (non-hydrogen) atoms. The first-order valence-electron chi connectivity index (χ1n) is 11.8. The predicted molar refractivity (Wildman–Crippen MR) is 132 cm³/mol. The zero-order valence-corrected chi connectivity index (χ0v) is 20.8. The first-order chi connectivity index (χ1) is 17.3. The van der Waals surface area contributed by atoms with E-state index in [4.69, 9.17) is 16.6 Å². The highest BCUT2D eigenvalue weighted by atomic mass is 16.4. The Morgan fingerprint density at radius 3 is 2.00 bits per heavy atom. The van der Waals surface area contributed by atoms with Gasteiger partial charge in [-0.2, -0.15) is 0 Å². The van der Waals surface area contributed by atoms with Crippen molar-refractivity contribution in [2.75, 3.05) is 0 Å². The van der Waals surface area contributed by atoms with Crippen LogP contribution >= 0.6 is 0 Å². The zero-order chi connectivity index (χ0) is 28.1. The molecule has 13 heteroatoms. The summed E-state index contributed by atoms with van der Waals surface area (Å²) in [5.41, 5.74) is 12.0. The highest BCUT2D eigenvalue weighted by Crippen LogP contribution is 2.11. The molecule has 0 bridgehead atoms. The summed E-state index contributed by atoms with van der Waals surface area (Å²) in [7, 11) is 0. The molecule has 0 aliphatic heterocycles. The number of amides is 4. The third kappa shape index (κ3) is 11.1. The fourth-order valence-corrected chi connectivity index (χ4v) is 3.39. The number of hydrogen-bond donors (Lipinski definition) is 7. The maximum absolute atomic E-state index is 13.1. The largest absolute Gasteiger partial charge is 0.481 e. The van der Waals surface area contributed by atoms with E-state index in [1.54, 1.807) is 26.0 Å². The van der Waals surface area contributed by atoms with Gasteiger partial charge in [-0.25, -0.2) is 4.79 Å². The topological polar surface area (TPSA) is 231 Å². The van der Waals surface area contributed by atoms with Gasteiger partial charge in [0.25, 0.3) is 0 Å². The summed E-state index contributed by atoms with van der Waals surface area (Å²) in [5, 5.41) is 25.2. The number of rotatable bonds is 16. The molecule has 5 atom stereocenters. The Labute approximate surface area is 214 Å². The Morgan fingerprint density at radius 1 is 0.892 bits per heavy atom. The molecule has 5 unspecified atom stereocenters. The van der Waals surface area contributed by atoms with E-state index in [-0.39, 0.29) is 25.2 Å². The van der Waals surface area contributed by atoms with E-state index in [0.29, 0.717) is 6.42 Å². The van der Waals surface area contributed by atoms with E-state index in [0.717, 1.165) is 5.56 Å². The lowest BCUT2D eigenvalue weighted by Crippen LogP contribution is -2.59. The van der Waals surface area contributed by atoms with E-state index >= 15 is 0 Å². The van der Waals surface area contributed by atoms with Crippen LogP contribution in [0.1, 0.15) is 45.1 Å². The van der Waals surface area contributed by atoms with Crippen LogP contribution in [-0.2, 0) is 35.2 Å². The van der Waals surface area contributed by atoms with E-state index in [9.17, 15) is 33.9 Å². The summed E-state index contributed by atoms with van der Waals surface area (Å²) >= 11 is 0. The van der Waals surface area contributed by atoms with Crippen molar-refractivity contribution in [1.82, 2.24) is 16.0 Å². The van der Waals surface area contributed by atoms with Gasteiger partial charge in [0.05, 0.1) is 12.5 Å². The van der Waals surface area contributed by atoms with Gasteiger partial charge in [0.1, 0.15) is 18.1 Å². The van der Waals surface area contributed by atoms with Gasteiger partial charge in [-0.05, 0) is 24.3 Å². The first-order valence-corrected chi connectivity index (χ1v) is 11.8. The molecule has 1 aromatic rings. The first kappa shape index (κ1) is 31.0. The van der Waals surface area contributed by atoms with Crippen molar-refractivity contribution in [3.63, 3.8) is 0 Å². The molecule has 0 saturated carbocycles. The van der Waals surface area contributed by atoms with Gasteiger partial charge in [-0.15, -0.1) is 0 Å². The molecule has 0 spiro atoms. The quantitative estimate of drug-likeness (QED) is 0.139. The molecule has 1 rings (SSSR count). The Bertz CT molecular complexity index is 971. The number of nitrogens with two attached hydrogens (primary N) is 2. The molecule has 4 amide bonds. The molecule has 0 aliphatic carbocycles. The van der Waals surface area contributed by atoms with E-state index in [1.165, 1.54) is 0 Å². The molecule has 0 heterocycles. The smallest absolute Gasteiger partial charge is 0.326 e. The lowest BCUT2D eigenvalue weighted by atomic mass is 9.96. The van der Waals surface area contributed by atoms with Crippen LogP contribution in [-0.4, -0.2) is 69.9 Å². The molecule has 204 valence electrons. The van der Waals surface area contributed by atoms with E-state index in [1.807, 2.05) is 18.2 Å². The molecule has 0 fully saturated rings. The summed E-state index contributed by atoms with van der Waals surface area (Å²) in [6, 6.07) is 3.81. The molecule has 13 nitrogen and oxygen atoms in total. The minimum absolute atomic E-state index is 0.227. The fourth-order valence-electron chi connectivity index (χ4n) is 3.39. The minimum Gasteiger partial charge on any atom is -0.481 e. The number of nitrogens with one attached hydrogen (secondary N) is 3. The predicted octanol–water partition coefficient (Wildman–Crippen LogP) is -1.12. The van der Waals surface area contributed by atoms with Gasteiger partial charge in [0.2, 0.25) is 23.6 Å². The van der Waals surface area contributed by atoms with Gasteiger partial charge in [0.15, 0.2) is 0 Å². The van der Waals surface area contributed by atoms with Crippen LogP contribution in [0.5, 0.6) is 0 Å². The Morgan fingerprint density at radius 2 is 1.49 bits per heavy atom. The molecule has 0 saturated heterocycles. The molecule has 9 N–H and O–H groups in total. The molecule has 0 aliphatic rings. The molecular weight excluding hydrogens is 486 g/mol. The van der Waals surface area contributed by atoms with Crippen LogP contribution in [0.15, 0.2) is 30.3 Å². The number of hydrogen-bond acceptors (Lipinski definition) is 7. The van der Waals surface area contributed by atoms with Crippen molar-refractivity contribution in [2.45, 2.75) is 70.1 Å².